The molecule has 0 aromatic heterocycles. The molecule has 1 aliphatic rings. The quantitative estimate of drug-likeness (QED) is 0.749. The van der Waals surface area contributed by atoms with E-state index in [0.29, 0.717) is 5.92 Å². The van der Waals surface area contributed by atoms with Crippen molar-refractivity contribution in [1.82, 2.24) is 5.32 Å². The Morgan fingerprint density at radius 3 is 2.56 bits per heavy atom. The van der Waals surface area contributed by atoms with Crippen LogP contribution in [0.2, 0.25) is 0 Å². The van der Waals surface area contributed by atoms with Crippen molar-refractivity contribution in [1.29, 1.82) is 0 Å². The minimum atomic E-state index is -0.144. The molecule has 0 heterocycles. The van der Waals surface area contributed by atoms with E-state index in [2.05, 4.69) is 19.2 Å². The monoisotopic (exact) mass is 227 g/mol. The van der Waals surface area contributed by atoms with Crippen molar-refractivity contribution < 1.29 is 9.53 Å². The van der Waals surface area contributed by atoms with E-state index in [1.54, 1.807) is 7.05 Å². The van der Waals surface area contributed by atoms with E-state index in [9.17, 15) is 4.79 Å². The number of hydrogen-bond acceptors (Lipinski definition) is 3. The number of carbonyl (C=O) groups is 1. The highest BCUT2D eigenvalue weighted by atomic mass is 16.5. The summed E-state index contributed by atoms with van der Waals surface area (Å²) >= 11 is 0. The molecule has 0 saturated heterocycles. The van der Waals surface area contributed by atoms with Gasteiger partial charge in [-0.15, -0.1) is 0 Å². The number of rotatable bonds is 4. The van der Waals surface area contributed by atoms with E-state index in [0.717, 1.165) is 25.2 Å². The molecule has 94 valence electrons. The summed E-state index contributed by atoms with van der Waals surface area (Å²) in [5.41, 5.74) is 0. The maximum absolute atomic E-state index is 11.8. The van der Waals surface area contributed by atoms with E-state index in [1.807, 2.05) is 6.92 Å². The van der Waals surface area contributed by atoms with Crippen molar-refractivity contribution in [3.05, 3.63) is 0 Å². The summed E-state index contributed by atoms with van der Waals surface area (Å²) < 4.78 is 5.55. The molecule has 0 bridgehead atoms. The average Bonchev–Trinajstić information content (AvgIpc) is 2.25. The Balaban J connectivity index is 2.40. The Kier molecular flexibility index (Phi) is 5.26. The van der Waals surface area contributed by atoms with Crippen LogP contribution in [0.4, 0.5) is 0 Å². The third-order valence-corrected chi connectivity index (χ3v) is 3.87. The summed E-state index contributed by atoms with van der Waals surface area (Å²) in [6.07, 6.45) is 4.15. The van der Waals surface area contributed by atoms with Gasteiger partial charge in [0.15, 0.2) is 0 Å². The van der Waals surface area contributed by atoms with Gasteiger partial charge in [0.1, 0.15) is 12.1 Å². The number of carbonyl (C=O) groups excluding carboxylic acids is 1. The minimum absolute atomic E-state index is 0.0863. The van der Waals surface area contributed by atoms with E-state index in [-0.39, 0.29) is 18.1 Å². The fraction of sp³-hybridized carbons (Fsp3) is 0.923. The van der Waals surface area contributed by atoms with E-state index < -0.39 is 0 Å². The van der Waals surface area contributed by atoms with Gasteiger partial charge >= 0.3 is 5.97 Å². The van der Waals surface area contributed by atoms with Gasteiger partial charge in [0.2, 0.25) is 0 Å². The molecule has 4 atom stereocenters. The third kappa shape index (κ3) is 3.48. The number of nitrogens with one attached hydrogen (secondary N) is 1. The molecule has 0 aromatic carbocycles. The van der Waals surface area contributed by atoms with Gasteiger partial charge in [0, 0.05) is 0 Å². The lowest BCUT2D eigenvalue weighted by atomic mass is 9.80. The lowest BCUT2D eigenvalue weighted by Gasteiger charge is -2.32. The highest BCUT2D eigenvalue weighted by Gasteiger charge is 2.28. The molecule has 1 saturated carbocycles. The number of esters is 1. The van der Waals surface area contributed by atoms with Crippen molar-refractivity contribution in [3.63, 3.8) is 0 Å². The predicted molar refractivity (Wildman–Crippen MR) is 65.2 cm³/mol. The normalized spacial score (nSPS) is 32.1. The summed E-state index contributed by atoms with van der Waals surface area (Å²) in [5.74, 6) is 1.35. The van der Waals surface area contributed by atoms with Crippen molar-refractivity contribution in [2.75, 3.05) is 7.05 Å². The Bertz CT molecular complexity index is 226. The molecule has 16 heavy (non-hydrogen) atoms. The SMILES string of the molecule is CCC(NC)C(=O)OC1CCC(C)C(C)C1. The number of hydrogen-bond donors (Lipinski definition) is 1. The summed E-state index contributed by atoms with van der Waals surface area (Å²) in [5, 5.41) is 2.99. The Morgan fingerprint density at radius 1 is 1.38 bits per heavy atom. The fourth-order valence-corrected chi connectivity index (χ4v) is 2.34. The first-order chi connectivity index (χ1) is 7.58. The van der Waals surface area contributed by atoms with Crippen LogP contribution < -0.4 is 5.32 Å². The van der Waals surface area contributed by atoms with Gasteiger partial charge in [0.25, 0.3) is 0 Å². The van der Waals surface area contributed by atoms with Crippen LogP contribution in [-0.2, 0) is 9.53 Å². The van der Waals surface area contributed by atoms with Gasteiger partial charge in [0.05, 0.1) is 0 Å². The summed E-state index contributed by atoms with van der Waals surface area (Å²) in [7, 11) is 1.81. The molecule has 0 amide bonds. The van der Waals surface area contributed by atoms with Gasteiger partial charge < -0.3 is 10.1 Å². The first kappa shape index (κ1) is 13.5. The molecule has 1 rings (SSSR count). The van der Waals surface area contributed by atoms with Crippen molar-refractivity contribution >= 4 is 5.97 Å². The van der Waals surface area contributed by atoms with Gasteiger partial charge in [-0.05, 0) is 44.6 Å². The van der Waals surface area contributed by atoms with Crippen LogP contribution in [0.3, 0.4) is 0 Å². The summed E-state index contributed by atoms with van der Waals surface area (Å²) in [4.78, 5) is 11.8. The second-order valence-electron chi connectivity index (χ2n) is 5.08. The Hall–Kier alpha value is -0.570. The van der Waals surface area contributed by atoms with Gasteiger partial charge in [-0.3, -0.25) is 4.79 Å². The van der Waals surface area contributed by atoms with E-state index >= 15 is 0 Å². The van der Waals surface area contributed by atoms with E-state index in [1.165, 1.54) is 6.42 Å². The average molecular weight is 227 g/mol. The Labute approximate surface area is 98.9 Å². The second kappa shape index (κ2) is 6.24. The first-order valence-corrected chi connectivity index (χ1v) is 6.46. The molecule has 3 heteroatoms. The van der Waals surface area contributed by atoms with Gasteiger partial charge in [-0.1, -0.05) is 20.8 Å². The molecule has 1 aliphatic carbocycles. The zero-order valence-electron chi connectivity index (χ0n) is 11.0. The second-order valence-corrected chi connectivity index (χ2v) is 5.08. The maximum Gasteiger partial charge on any atom is 0.323 e. The fourth-order valence-electron chi connectivity index (χ4n) is 2.34. The molecular weight excluding hydrogens is 202 g/mol. The largest absolute Gasteiger partial charge is 0.461 e. The maximum atomic E-state index is 11.8. The lowest BCUT2D eigenvalue weighted by Crippen LogP contribution is -2.38. The van der Waals surface area contributed by atoms with Crippen molar-refractivity contribution in [2.24, 2.45) is 11.8 Å². The van der Waals surface area contributed by atoms with Crippen LogP contribution in [0.25, 0.3) is 0 Å². The van der Waals surface area contributed by atoms with Crippen LogP contribution in [-0.4, -0.2) is 25.2 Å². The zero-order chi connectivity index (χ0) is 12.1. The van der Waals surface area contributed by atoms with Crippen LogP contribution >= 0.6 is 0 Å². The van der Waals surface area contributed by atoms with Crippen molar-refractivity contribution in [3.8, 4) is 0 Å². The number of likely N-dealkylation sites (N-methyl/N-ethyl adjacent to an activating group) is 1. The third-order valence-electron chi connectivity index (χ3n) is 3.87. The van der Waals surface area contributed by atoms with Crippen LogP contribution in [0.15, 0.2) is 0 Å². The standard InChI is InChI=1S/C13H25NO2/c1-5-12(14-4)13(15)16-11-7-6-9(2)10(3)8-11/h9-12,14H,5-8H2,1-4H3. The summed E-state index contributed by atoms with van der Waals surface area (Å²) in [6.45, 7) is 6.53. The van der Waals surface area contributed by atoms with Crippen LogP contribution in [0, 0.1) is 11.8 Å². The molecule has 1 N–H and O–H groups in total. The highest BCUT2D eigenvalue weighted by molar-refractivity contribution is 5.75. The zero-order valence-corrected chi connectivity index (χ0v) is 11.0. The van der Waals surface area contributed by atoms with Crippen LogP contribution in [0.5, 0.6) is 0 Å². The minimum Gasteiger partial charge on any atom is -0.461 e. The Morgan fingerprint density at radius 2 is 2.06 bits per heavy atom. The smallest absolute Gasteiger partial charge is 0.323 e. The molecular formula is C13H25NO2. The highest BCUT2D eigenvalue weighted by Crippen LogP contribution is 2.31. The van der Waals surface area contributed by atoms with Gasteiger partial charge in [-0.25, -0.2) is 0 Å². The molecule has 0 aliphatic heterocycles. The molecule has 4 unspecified atom stereocenters. The summed E-state index contributed by atoms with van der Waals surface area (Å²) in [6, 6.07) is -0.144. The molecule has 0 spiro atoms. The van der Waals surface area contributed by atoms with Crippen LogP contribution in [0.1, 0.15) is 46.5 Å². The molecule has 1 fully saturated rings. The number of ether oxygens (including phenoxy) is 1. The van der Waals surface area contributed by atoms with E-state index in [4.69, 9.17) is 4.74 Å². The lowest BCUT2D eigenvalue weighted by molar-refractivity contribution is -0.154. The molecule has 0 aromatic rings. The first-order valence-electron chi connectivity index (χ1n) is 6.46. The topological polar surface area (TPSA) is 38.3 Å². The molecule has 0 radical (unpaired) electrons. The van der Waals surface area contributed by atoms with Gasteiger partial charge in [-0.2, -0.15) is 0 Å². The van der Waals surface area contributed by atoms with Crippen molar-refractivity contribution in [2.45, 2.75) is 58.6 Å². The molecule has 3 nitrogen and oxygen atoms in total. The predicted octanol–water partition coefficient (Wildman–Crippen LogP) is 2.35.